The number of halogens is 1. The Kier molecular flexibility index (Phi) is 6.21. The summed E-state index contributed by atoms with van der Waals surface area (Å²) in [4.78, 5) is 16.7. The Morgan fingerprint density at radius 2 is 1.72 bits per heavy atom. The van der Waals surface area contributed by atoms with Gasteiger partial charge in [-0.15, -0.1) is 10.2 Å². The van der Waals surface area contributed by atoms with E-state index < -0.39 is 0 Å². The molecule has 0 bridgehead atoms. The Hall–Kier alpha value is -2.71. The van der Waals surface area contributed by atoms with Crippen molar-refractivity contribution in [2.45, 2.75) is 11.7 Å². The van der Waals surface area contributed by atoms with Gasteiger partial charge in [-0.3, -0.25) is 14.3 Å². The van der Waals surface area contributed by atoms with Crippen LogP contribution in [0.1, 0.15) is 5.56 Å². The molecule has 1 saturated heterocycles. The topological polar surface area (TPSA) is 54.3 Å². The van der Waals surface area contributed by atoms with E-state index in [4.69, 9.17) is 0 Å². The lowest BCUT2D eigenvalue weighted by Crippen LogP contribution is -2.48. The predicted molar refractivity (Wildman–Crippen MR) is 110 cm³/mol. The predicted octanol–water partition coefficient (Wildman–Crippen LogP) is 2.84. The molecular formula is C21H22FN5OS. The largest absolute Gasteiger partial charge is 0.339 e. The van der Waals surface area contributed by atoms with Crippen LogP contribution in [0.4, 0.5) is 4.39 Å². The van der Waals surface area contributed by atoms with Gasteiger partial charge in [-0.2, -0.15) is 0 Å². The molecule has 1 aromatic heterocycles. The average molecular weight is 412 g/mol. The van der Waals surface area contributed by atoms with Crippen molar-refractivity contribution in [1.82, 2.24) is 24.6 Å². The Bertz CT molecular complexity index is 956. The van der Waals surface area contributed by atoms with Crippen LogP contribution >= 0.6 is 11.8 Å². The minimum atomic E-state index is -0.176. The van der Waals surface area contributed by atoms with Crippen LogP contribution in [0.25, 0.3) is 5.69 Å². The molecule has 0 atom stereocenters. The molecule has 29 heavy (non-hydrogen) atoms. The molecule has 0 aliphatic carbocycles. The van der Waals surface area contributed by atoms with Crippen LogP contribution < -0.4 is 0 Å². The number of hydrogen-bond donors (Lipinski definition) is 0. The van der Waals surface area contributed by atoms with E-state index in [9.17, 15) is 9.18 Å². The van der Waals surface area contributed by atoms with Crippen molar-refractivity contribution in [3.8, 4) is 5.69 Å². The monoisotopic (exact) mass is 411 g/mol. The molecule has 1 aliphatic rings. The molecule has 1 fully saturated rings. The van der Waals surface area contributed by atoms with E-state index in [0.717, 1.165) is 18.8 Å². The molecule has 1 amide bonds. The molecule has 2 heterocycles. The number of aromatic nitrogens is 3. The maximum atomic E-state index is 13.8. The molecule has 150 valence electrons. The smallest absolute Gasteiger partial charge is 0.233 e. The van der Waals surface area contributed by atoms with Crippen LogP contribution in [-0.2, 0) is 11.3 Å². The molecule has 0 spiro atoms. The van der Waals surface area contributed by atoms with E-state index in [1.807, 2.05) is 51.9 Å². The van der Waals surface area contributed by atoms with E-state index in [-0.39, 0.29) is 11.7 Å². The second-order valence-electron chi connectivity index (χ2n) is 6.86. The minimum absolute atomic E-state index is 0.0863. The Morgan fingerprint density at radius 3 is 2.48 bits per heavy atom. The zero-order valence-electron chi connectivity index (χ0n) is 15.9. The van der Waals surface area contributed by atoms with Gasteiger partial charge in [0, 0.05) is 44.0 Å². The van der Waals surface area contributed by atoms with Crippen molar-refractivity contribution in [1.29, 1.82) is 0 Å². The number of carbonyl (C=O) groups excluding carboxylic acids is 1. The van der Waals surface area contributed by atoms with Crippen LogP contribution in [-0.4, -0.2) is 62.4 Å². The Balaban J connectivity index is 1.28. The Labute approximate surface area is 173 Å². The second-order valence-corrected chi connectivity index (χ2v) is 7.80. The van der Waals surface area contributed by atoms with Crippen molar-refractivity contribution >= 4 is 17.7 Å². The summed E-state index contributed by atoms with van der Waals surface area (Å²) in [5, 5.41) is 8.81. The van der Waals surface area contributed by atoms with Gasteiger partial charge in [0.05, 0.1) is 5.75 Å². The van der Waals surface area contributed by atoms with Gasteiger partial charge in [-0.25, -0.2) is 4.39 Å². The van der Waals surface area contributed by atoms with Crippen LogP contribution in [0, 0.1) is 5.82 Å². The van der Waals surface area contributed by atoms with Gasteiger partial charge in [0.25, 0.3) is 0 Å². The fourth-order valence-electron chi connectivity index (χ4n) is 3.33. The molecule has 6 nitrogen and oxygen atoms in total. The normalized spacial score (nSPS) is 14.9. The number of para-hydroxylation sites is 1. The number of piperazine rings is 1. The molecule has 0 radical (unpaired) electrons. The summed E-state index contributed by atoms with van der Waals surface area (Å²) in [6.07, 6.45) is 1.66. The third-order valence-corrected chi connectivity index (χ3v) is 5.88. The highest BCUT2D eigenvalue weighted by atomic mass is 32.2. The van der Waals surface area contributed by atoms with Crippen molar-refractivity contribution in [2.24, 2.45) is 0 Å². The first-order valence-corrected chi connectivity index (χ1v) is 10.5. The second kappa shape index (κ2) is 9.19. The molecule has 3 aromatic rings. The number of hydrogen-bond acceptors (Lipinski definition) is 5. The molecular weight excluding hydrogens is 389 g/mol. The highest BCUT2D eigenvalue weighted by Gasteiger charge is 2.22. The summed E-state index contributed by atoms with van der Waals surface area (Å²) in [5.41, 5.74) is 1.66. The lowest BCUT2D eigenvalue weighted by atomic mass is 10.2. The third kappa shape index (κ3) is 4.83. The molecule has 0 N–H and O–H groups in total. The van der Waals surface area contributed by atoms with E-state index in [0.29, 0.717) is 36.1 Å². The van der Waals surface area contributed by atoms with E-state index in [2.05, 4.69) is 15.1 Å². The van der Waals surface area contributed by atoms with Gasteiger partial charge >= 0.3 is 0 Å². The van der Waals surface area contributed by atoms with Crippen molar-refractivity contribution < 1.29 is 9.18 Å². The summed E-state index contributed by atoms with van der Waals surface area (Å²) >= 11 is 1.39. The molecule has 4 rings (SSSR count). The van der Waals surface area contributed by atoms with Crippen LogP contribution in [0.5, 0.6) is 0 Å². The fraction of sp³-hybridized carbons (Fsp3) is 0.286. The number of amides is 1. The van der Waals surface area contributed by atoms with Crippen molar-refractivity contribution in [3.63, 3.8) is 0 Å². The number of carbonyl (C=O) groups is 1. The van der Waals surface area contributed by atoms with Crippen LogP contribution in [0.2, 0.25) is 0 Å². The highest BCUT2D eigenvalue weighted by molar-refractivity contribution is 7.99. The lowest BCUT2D eigenvalue weighted by molar-refractivity contribution is -0.130. The molecule has 0 unspecified atom stereocenters. The molecule has 8 heteroatoms. The van der Waals surface area contributed by atoms with Crippen molar-refractivity contribution in [2.75, 3.05) is 31.9 Å². The first-order valence-electron chi connectivity index (χ1n) is 9.52. The fourth-order valence-corrected chi connectivity index (χ4v) is 4.16. The summed E-state index contributed by atoms with van der Waals surface area (Å²) in [6.45, 7) is 3.36. The minimum Gasteiger partial charge on any atom is -0.339 e. The third-order valence-electron chi connectivity index (χ3n) is 4.95. The zero-order valence-corrected chi connectivity index (χ0v) is 16.8. The average Bonchev–Trinajstić information content (AvgIpc) is 3.23. The number of benzene rings is 2. The first-order chi connectivity index (χ1) is 14.2. The summed E-state index contributed by atoms with van der Waals surface area (Å²) in [7, 11) is 0. The quantitative estimate of drug-likeness (QED) is 0.584. The maximum Gasteiger partial charge on any atom is 0.233 e. The SMILES string of the molecule is O=C(CSc1nncn1-c1ccccc1)N1CCN(Cc2ccccc2F)CC1. The maximum absolute atomic E-state index is 13.8. The van der Waals surface area contributed by atoms with E-state index >= 15 is 0 Å². The summed E-state index contributed by atoms with van der Waals surface area (Å²) in [5.74, 6) is 0.229. The number of nitrogens with zero attached hydrogens (tertiary/aromatic N) is 5. The first kappa shape index (κ1) is 19.6. The summed E-state index contributed by atoms with van der Waals surface area (Å²) in [6, 6.07) is 16.7. The Morgan fingerprint density at radius 1 is 1.00 bits per heavy atom. The van der Waals surface area contributed by atoms with E-state index in [1.165, 1.54) is 17.8 Å². The summed E-state index contributed by atoms with van der Waals surface area (Å²) < 4.78 is 15.7. The zero-order chi connectivity index (χ0) is 20.1. The molecule has 1 aliphatic heterocycles. The number of thioether (sulfide) groups is 1. The number of rotatable bonds is 6. The van der Waals surface area contributed by atoms with Gasteiger partial charge in [-0.05, 0) is 18.2 Å². The van der Waals surface area contributed by atoms with Crippen LogP contribution in [0.15, 0.2) is 66.1 Å². The van der Waals surface area contributed by atoms with E-state index in [1.54, 1.807) is 12.4 Å². The van der Waals surface area contributed by atoms with Crippen LogP contribution in [0.3, 0.4) is 0 Å². The van der Waals surface area contributed by atoms with Gasteiger partial charge in [0.2, 0.25) is 5.91 Å². The van der Waals surface area contributed by atoms with Gasteiger partial charge < -0.3 is 4.90 Å². The van der Waals surface area contributed by atoms with Crippen molar-refractivity contribution in [3.05, 3.63) is 72.3 Å². The van der Waals surface area contributed by atoms with Gasteiger partial charge in [-0.1, -0.05) is 48.2 Å². The molecule has 2 aromatic carbocycles. The standard InChI is InChI=1S/C21H22FN5OS/c22-19-9-5-4-6-17(19)14-25-10-12-26(13-11-25)20(28)15-29-21-24-23-16-27(21)18-7-2-1-3-8-18/h1-9,16H,10-15H2. The highest BCUT2D eigenvalue weighted by Crippen LogP contribution is 2.20. The molecule has 0 saturated carbocycles. The van der Waals surface area contributed by atoms with Gasteiger partial charge in [0.15, 0.2) is 5.16 Å². The van der Waals surface area contributed by atoms with Gasteiger partial charge in [0.1, 0.15) is 12.1 Å². The lowest BCUT2D eigenvalue weighted by Gasteiger charge is -2.34.